The van der Waals surface area contributed by atoms with Gasteiger partial charge in [0, 0.05) is 23.7 Å². The smallest absolute Gasteiger partial charge is 0.238 e. The molecule has 1 aliphatic rings. The Hall–Kier alpha value is -3.69. The third-order valence-electron chi connectivity index (χ3n) is 6.93. The minimum absolute atomic E-state index is 0.0515. The Labute approximate surface area is 262 Å². The minimum Gasteiger partial charge on any atom is -0.494 e. The lowest BCUT2D eigenvalue weighted by Gasteiger charge is -2.32. The largest absolute Gasteiger partial charge is 0.494 e. The molecule has 2 amide bonds. The number of benzene rings is 3. The summed E-state index contributed by atoms with van der Waals surface area (Å²) in [7, 11) is 3.18. The molecule has 1 atom stereocenters. The van der Waals surface area contributed by atoms with Gasteiger partial charge in [-0.05, 0) is 73.0 Å². The SMILES string of the molecule is CCCCCCOc1ccc(NC(=O)[C@H]2CC(=O)N(CCc3ccc(OC)c(OC)c3)C(=Nc3cccc(Cl)c3)S2)cc1. The van der Waals surface area contributed by atoms with Crippen LogP contribution in [0.5, 0.6) is 17.2 Å². The summed E-state index contributed by atoms with van der Waals surface area (Å²) in [6.07, 6.45) is 5.17. The number of thioether (sulfide) groups is 1. The molecule has 8 nitrogen and oxygen atoms in total. The number of amides is 2. The molecule has 10 heteroatoms. The first-order valence-electron chi connectivity index (χ1n) is 14.5. The van der Waals surface area contributed by atoms with E-state index in [-0.39, 0.29) is 18.2 Å². The van der Waals surface area contributed by atoms with E-state index >= 15 is 0 Å². The number of amidine groups is 1. The Morgan fingerprint density at radius 3 is 2.53 bits per heavy atom. The van der Waals surface area contributed by atoms with E-state index in [1.807, 2.05) is 48.5 Å². The number of aliphatic imine (C=N–C) groups is 1. The summed E-state index contributed by atoms with van der Waals surface area (Å²) in [6.45, 7) is 3.24. The molecule has 43 heavy (non-hydrogen) atoms. The maximum Gasteiger partial charge on any atom is 0.238 e. The number of rotatable bonds is 14. The fraction of sp³-hybridized carbons (Fsp3) is 0.364. The second-order valence-electron chi connectivity index (χ2n) is 10.1. The van der Waals surface area contributed by atoms with Gasteiger partial charge in [-0.3, -0.25) is 14.5 Å². The highest BCUT2D eigenvalue weighted by Gasteiger charge is 2.36. The van der Waals surface area contributed by atoms with E-state index in [0.29, 0.717) is 52.6 Å². The quantitative estimate of drug-likeness (QED) is 0.187. The summed E-state index contributed by atoms with van der Waals surface area (Å²) in [5.74, 6) is 1.59. The van der Waals surface area contributed by atoms with Crippen molar-refractivity contribution >= 4 is 51.7 Å². The van der Waals surface area contributed by atoms with Crippen molar-refractivity contribution in [3.63, 3.8) is 0 Å². The number of halogens is 1. The lowest BCUT2D eigenvalue weighted by atomic mass is 10.1. The zero-order valence-electron chi connectivity index (χ0n) is 24.8. The first-order valence-corrected chi connectivity index (χ1v) is 15.7. The van der Waals surface area contributed by atoms with Crippen molar-refractivity contribution in [1.29, 1.82) is 0 Å². The van der Waals surface area contributed by atoms with Crippen LogP contribution < -0.4 is 19.5 Å². The number of methoxy groups -OCH3 is 2. The van der Waals surface area contributed by atoms with Crippen LogP contribution in [0.4, 0.5) is 11.4 Å². The topological polar surface area (TPSA) is 89.5 Å². The molecule has 228 valence electrons. The summed E-state index contributed by atoms with van der Waals surface area (Å²) in [5, 5.41) is 3.29. The molecule has 1 saturated heterocycles. The van der Waals surface area contributed by atoms with Crippen LogP contribution in [0.25, 0.3) is 0 Å². The van der Waals surface area contributed by atoms with E-state index in [1.165, 1.54) is 24.6 Å². The number of hydrogen-bond acceptors (Lipinski definition) is 7. The van der Waals surface area contributed by atoms with Gasteiger partial charge in [-0.1, -0.05) is 61.7 Å². The molecule has 0 bridgehead atoms. The highest BCUT2D eigenvalue weighted by molar-refractivity contribution is 8.15. The molecule has 1 N–H and O–H groups in total. The van der Waals surface area contributed by atoms with E-state index in [1.54, 1.807) is 37.3 Å². The lowest BCUT2D eigenvalue weighted by Crippen LogP contribution is -2.46. The molecule has 1 aliphatic heterocycles. The molecular weight excluding hydrogens is 586 g/mol. The molecule has 0 spiro atoms. The summed E-state index contributed by atoms with van der Waals surface area (Å²) in [6, 6.07) is 20.1. The second kappa shape index (κ2) is 16.2. The van der Waals surface area contributed by atoms with Crippen LogP contribution in [0.1, 0.15) is 44.6 Å². The van der Waals surface area contributed by atoms with Crippen LogP contribution in [0.15, 0.2) is 71.7 Å². The number of carbonyl (C=O) groups excluding carboxylic acids is 2. The van der Waals surface area contributed by atoms with Crippen molar-refractivity contribution in [2.24, 2.45) is 4.99 Å². The van der Waals surface area contributed by atoms with Gasteiger partial charge in [-0.25, -0.2) is 4.99 Å². The van der Waals surface area contributed by atoms with Crippen molar-refractivity contribution in [3.05, 3.63) is 77.3 Å². The van der Waals surface area contributed by atoms with Gasteiger partial charge in [0.25, 0.3) is 0 Å². The van der Waals surface area contributed by atoms with Crippen molar-refractivity contribution < 1.29 is 23.8 Å². The Bertz CT molecular complexity index is 1420. The second-order valence-corrected chi connectivity index (χ2v) is 11.7. The number of nitrogens with zero attached hydrogens (tertiary/aromatic N) is 2. The maximum atomic E-state index is 13.4. The predicted octanol–water partition coefficient (Wildman–Crippen LogP) is 7.52. The van der Waals surface area contributed by atoms with Gasteiger partial charge in [-0.15, -0.1) is 0 Å². The Morgan fingerprint density at radius 2 is 1.81 bits per heavy atom. The molecule has 0 radical (unpaired) electrons. The molecular formula is C33H38ClN3O5S. The Balaban J connectivity index is 1.44. The van der Waals surface area contributed by atoms with Crippen LogP contribution in [0.3, 0.4) is 0 Å². The molecule has 0 aliphatic carbocycles. The molecule has 0 unspecified atom stereocenters. The van der Waals surface area contributed by atoms with Gasteiger partial charge >= 0.3 is 0 Å². The first kappa shape index (κ1) is 32.2. The van der Waals surface area contributed by atoms with Crippen LogP contribution >= 0.6 is 23.4 Å². The molecule has 0 saturated carbocycles. The van der Waals surface area contributed by atoms with Crippen LogP contribution in [-0.4, -0.2) is 54.5 Å². The number of unbranched alkanes of at least 4 members (excludes halogenated alkanes) is 3. The van der Waals surface area contributed by atoms with E-state index in [4.69, 9.17) is 30.8 Å². The van der Waals surface area contributed by atoms with Crippen LogP contribution in [0, 0.1) is 0 Å². The van der Waals surface area contributed by atoms with E-state index < -0.39 is 5.25 Å². The fourth-order valence-electron chi connectivity index (χ4n) is 4.57. The van der Waals surface area contributed by atoms with Crippen LogP contribution in [0.2, 0.25) is 5.02 Å². The zero-order chi connectivity index (χ0) is 30.6. The number of nitrogens with one attached hydrogen (secondary N) is 1. The number of ether oxygens (including phenoxy) is 3. The van der Waals surface area contributed by atoms with E-state index in [9.17, 15) is 9.59 Å². The van der Waals surface area contributed by atoms with Crippen LogP contribution in [-0.2, 0) is 16.0 Å². The number of carbonyl (C=O) groups is 2. The van der Waals surface area contributed by atoms with E-state index in [0.717, 1.165) is 24.2 Å². The number of anilines is 1. The van der Waals surface area contributed by atoms with Crippen molar-refractivity contribution in [1.82, 2.24) is 4.90 Å². The third-order valence-corrected chi connectivity index (χ3v) is 8.35. The van der Waals surface area contributed by atoms with Crippen molar-refractivity contribution in [2.45, 2.75) is 50.7 Å². The average molecular weight is 624 g/mol. The van der Waals surface area contributed by atoms with Gasteiger partial charge < -0.3 is 19.5 Å². The van der Waals surface area contributed by atoms with Crippen molar-refractivity contribution in [2.75, 3.05) is 32.7 Å². The molecule has 4 rings (SSSR count). The minimum atomic E-state index is -0.641. The zero-order valence-corrected chi connectivity index (χ0v) is 26.4. The fourth-order valence-corrected chi connectivity index (χ4v) is 5.88. The molecule has 1 heterocycles. The monoisotopic (exact) mass is 623 g/mol. The van der Waals surface area contributed by atoms with Crippen molar-refractivity contribution in [3.8, 4) is 17.2 Å². The summed E-state index contributed by atoms with van der Waals surface area (Å²) in [4.78, 5) is 33.1. The van der Waals surface area contributed by atoms with E-state index in [2.05, 4.69) is 12.2 Å². The molecule has 1 fully saturated rings. The maximum absolute atomic E-state index is 13.4. The normalized spacial score (nSPS) is 15.8. The lowest BCUT2D eigenvalue weighted by molar-refractivity contribution is -0.129. The molecule has 3 aromatic carbocycles. The average Bonchev–Trinajstić information content (AvgIpc) is 3.01. The van der Waals surface area contributed by atoms with Gasteiger partial charge in [0.15, 0.2) is 16.7 Å². The Morgan fingerprint density at radius 1 is 1.02 bits per heavy atom. The molecule has 0 aromatic heterocycles. The predicted molar refractivity (Wildman–Crippen MR) is 174 cm³/mol. The van der Waals surface area contributed by atoms with Gasteiger partial charge in [0.05, 0.1) is 26.5 Å². The first-order chi connectivity index (χ1) is 20.9. The third kappa shape index (κ3) is 9.40. The van der Waals surface area contributed by atoms with Gasteiger partial charge in [-0.2, -0.15) is 0 Å². The molecule has 3 aromatic rings. The Kier molecular flexibility index (Phi) is 12.2. The summed E-state index contributed by atoms with van der Waals surface area (Å²) < 4.78 is 16.6. The van der Waals surface area contributed by atoms with Gasteiger partial charge in [0.1, 0.15) is 11.0 Å². The standard InChI is InChI=1S/C33H38ClN3O5S/c1-4-5-6-7-19-42-27-14-12-25(13-15-27)35-32(39)30-22-31(38)37(33(43-30)36-26-10-8-9-24(34)21-26)18-17-23-11-16-28(40-2)29(20-23)41-3/h8-16,20-21,30H,4-7,17-19,22H2,1-3H3,(H,35,39)/t30-/m1/s1. The van der Waals surface area contributed by atoms with Gasteiger partial charge in [0.2, 0.25) is 11.8 Å². The number of hydrogen-bond donors (Lipinski definition) is 1. The highest BCUT2D eigenvalue weighted by Crippen LogP contribution is 2.32. The summed E-state index contributed by atoms with van der Waals surface area (Å²) in [5.41, 5.74) is 2.22. The highest BCUT2D eigenvalue weighted by atomic mass is 35.5. The summed E-state index contributed by atoms with van der Waals surface area (Å²) >= 11 is 7.47.